The maximum atomic E-state index is 14.4. The number of allylic oxidation sites excluding steroid dienone is 1. The summed E-state index contributed by atoms with van der Waals surface area (Å²) in [7, 11) is -3.94. The van der Waals surface area contributed by atoms with Crippen molar-refractivity contribution in [2.75, 3.05) is 13.1 Å². The number of amides is 6. The average molecular weight is 777 g/mol. The Morgan fingerprint density at radius 3 is 2.41 bits per heavy atom. The Balaban J connectivity index is 1.39. The SMILES string of the molecule is C/C=C(\C)C(=O)NC[C@H](NC(=O)OC(C)(C)C)C(=O)N1C[C@H](OC(=O)N2Cc3cccc(F)c3C2)C[C@H]1C(=O)N[C@]1(C(=O)NS(=O)(=O)C2CC2)C[C@H]1CC. The number of fused-ring (bicyclic) bond motifs is 1. The molecule has 2 saturated carbocycles. The van der Waals surface area contributed by atoms with Crippen LogP contribution in [0.15, 0.2) is 29.8 Å². The molecule has 0 radical (unpaired) electrons. The molecule has 1 aromatic carbocycles. The molecule has 18 heteroatoms. The van der Waals surface area contributed by atoms with Crippen LogP contribution in [0.2, 0.25) is 0 Å². The van der Waals surface area contributed by atoms with Gasteiger partial charge in [-0.1, -0.05) is 31.6 Å². The standard InChI is InChI=1S/C36H49FN6O10S/c1-7-20(3)29(44)38-16-27(39-33(48)53-35(4,5)6)31(46)43-18-23(52-34(49)42-17-21-10-9-11-26(37)25(21)19-42)14-28(43)30(45)40-36(15-22(36)8-2)32(47)41-54(50,51)24-12-13-24/h7,9-11,22-24,27-28H,8,12-19H2,1-6H3,(H,38,44)(H,39,48)(H,40,45)(H,41,47)/b20-7+/t22-,23-,27+,28+,36-/m1/s1. The zero-order valence-electron chi connectivity index (χ0n) is 31.3. The van der Waals surface area contributed by atoms with E-state index in [4.69, 9.17) is 9.47 Å². The van der Waals surface area contributed by atoms with Crippen molar-refractivity contribution in [3.8, 4) is 0 Å². The predicted molar refractivity (Wildman–Crippen MR) is 191 cm³/mol. The van der Waals surface area contributed by atoms with Gasteiger partial charge in [0, 0.05) is 30.6 Å². The number of halogens is 1. The molecule has 1 saturated heterocycles. The van der Waals surface area contributed by atoms with Gasteiger partial charge in [0.05, 0.1) is 18.3 Å². The Morgan fingerprint density at radius 1 is 1.11 bits per heavy atom. The van der Waals surface area contributed by atoms with Crippen LogP contribution in [0, 0.1) is 11.7 Å². The minimum atomic E-state index is -3.94. The minimum absolute atomic E-state index is 0.0485. The Kier molecular flexibility index (Phi) is 11.6. The van der Waals surface area contributed by atoms with E-state index in [-0.39, 0.29) is 38.4 Å². The maximum absolute atomic E-state index is 14.4. The van der Waals surface area contributed by atoms with E-state index in [0.29, 0.717) is 36.0 Å². The number of hydrogen-bond donors (Lipinski definition) is 4. The normalized spacial score (nSPS) is 24.2. The highest BCUT2D eigenvalue weighted by Gasteiger charge is 2.62. The van der Waals surface area contributed by atoms with Crippen LogP contribution in [0.1, 0.15) is 84.8 Å². The van der Waals surface area contributed by atoms with E-state index in [0.717, 1.165) is 4.90 Å². The number of carbonyl (C=O) groups excluding carboxylic acids is 6. The molecule has 0 aromatic heterocycles. The summed E-state index contributed by atoms with van der Waals surface area (Å²) in [5, 5.41) is 7.11. The van der Waals surface area contributed by atoms with Crippen LogP contribution in [0.5, 0.6) is 0 Å². The first-order valence-electron chi connectivity index (χ1n) is 18.1. The fraction of sp³-hybridized carbons (Fsp3) is 0.611. The highest BCUT2D eigenvalue weighted by atomic mass is 32.2. The number of ether oxygens (including phenoxy) is 2. The van der Waals surface area contributed by atoms with Crippen molar-refractivity contribution in [3.63, 3.8) is 0 Å². The van der Waals surface area contributed by atoms with Crippen molar-refractivity contribution in [1.82, 2.24) is 30.5 Å². The second-order valence-corrected chi connectivity index (χ2v) is 17.3. The molecule has 0 unspecified atom stereocenters. The number of nitrogens with zero attached hydrogens (tertiary/aromatic N) is 2. The van der Waals surface area contributed by atoms with Gasteiger partial charge in [0.15, 0.2) is 0 Å². The van der Waals surface area contributed by atoms with Crippen LogP contribution in [-0.4, -0.2) is 102 Å². The molecule has 5 atom stereocenters. The van der Waals surface area contributed by atoms with Crippen LogP contribution < -0.4 is 20.7 Å². The molecular weight excluding hydrogens is 727 g/mol. The topological polar surface area (TPSA) is 210 Å². The average Bonchev–Trinajstić information content (AvgIpc) is 3.99. The van der Waals surface area contributed by atoms with Gasteiger partial charge in [-0.05, 0) is 71.4 Å². The smallest absolute Gasteiger partial charge is 0.410 e. The molecule has 6 amide bonds. The second-order valence-electron chi connectivity index (χ2n) is 15.3. The molecule has 5 rings (SSSR count). The van der Waals surface area contributed by atoms with Gasteiger partial charge in [0.1, 0.15) is 35.1 Å². The Bertz CT molecular complexity index is 1840. The Labute approximate surface area is 314 Å². The van der Waals surface area contributed by atoms with Gasteiger partial charge in [-0.3, -0.25) is 28.8 Å². The quantitative estimate of drug-likeness (QED) is 0.227. The third kappa shape index (κ3) is 9.13. The number of alkyl carbamates (subject to hydrolysis) is 1. The number of hydrogen-bond acceptors (Lipinski definition) is 10. The molecule has 0 bridgehead atoms. The summed E-state index contributed by atoms with van der Waals surface area (Å²) >= 11 is 0. The molecule has 2 heterocycles. The zero-order chi connectivity index (χ0) is 39.7. The van der Waals surface area contributed by atoms with Gasteiger partial charge < -0.3 is 30.3 Å². The molecule has 4 aliphatic rings. The zero-order valence-corrected chi connectivity index (χ0v) is 32.1. The number of carbonyl (C=O) groups is 6. The Morgan fingerprint density at radius 2 is 1.81 bits per heavy atom. The predicted octanol–water partition coefficient (Wildman–Crippen LogP) is 2.12. The fourth-order valence-corrected chi connectivity index (χ4v) is 8.08. The summed E-state index contributed by atoms with van der Waals surface area (Å²) in [4.78, 5) is 83.3. The van der Waals surface area contributed by atoms with Crippen molar-refractivity contribution in [2.45, 2.75) is 121 Å². The van der Waals surface area contributed by atoms with Gasteiger partial charge in [0.25, 0.3) is 5.91 Å². The third-order valence-corrected chi connectivity index (χ3v) is 11.9. The molecular formula is C36H49FN6O10S. The maximum Gasteiger partial charge on any atom is 0.410 e. The van der Waals surface area contributed by atoms with Crippen LogP contribution in [0.4, 0.5) is 14.0 Å². The first kappa shape index (κ1) is 40.4. The van der Waals surface area contributed by atoms with Gasteiger partial charge in [-0.15, -0.1) is 0 Å². The molecule has 296 valence electrons. The van der Waals surface area contributed by atoms with E-state index < -0.39 is 92.8 Å². The van der Waals surface area contributed by atoms with E-state index in [9.17, 15) is 41.6 Å². The van der Waals surface area contributed by atoms with Crippen molar-refractivity contribution in [2.24, 2.45) is 5.92 Å². The lowest BCUT2D eigenvalue weighted by Crippen LogP contribution is -2.60. The molecule has 2 aliphatic carbocycles. The first-order valence-corrected chi connectivity index (χ1v) is 19.6. The van der Waals surface area contributed by atoms with Gasteiger partial charge in [-0.2, -0.15) is 0 Å². The molecule has 54 heavy (non-hydrogen) atoms. The summed E-state index contributed by atoms with van der Waals surface area (Å²) in [5.74, 6) is -3.88. The van der Waals surface area contributed by atoms with E-state index in [1.807, 2.05) is 0 Å². The first-order chi connectivity index (χ1) is 25.3. The van der Waals surface area contributed by atoms with Crippen LogP contribution in [-0.2, 0) is 51.8 Å². The monoisotopic (exact) mass is 776 g/mol. The number of sulfonamides is 1. The van der Waals surface area contributed by atoms with Crippen molar-refractivity contribution >= 4 is 45.8 Å². The number of likely N-dealkylation sites (tertiary alicyclic amines) is 1. The molecule has 16 nitrogen and oxygen atoms in total. The largest absolute Gasteiger partial charge is 0.444 e. The van der Waals surface area contributed by atoms with Crippen LogP contribution >= 0.6 is 0 Å². The van der Waals surface area contributed by atoms with Gasteiger partial charge >= 0.3 is 12.2 Å². The second kappa shape index (κ2) is 15.5. The molecule has 4 N–H and O–H groups in total. The molecule has 3 fully saturated rings. The summed E-state index contributed by atoms with van der Waals surface area (Å²) < 4.78 is 53.0. The number of nitrogens with one attached hydrogen (secondary N) is 4. The lowest BCUT2D eigenvalue weighted by molar-refractivity contribution is -0.141. The summed E-state index contributed by atoms with van der Waals surface area (Å²) in [5.41, 5.74) is -1.20. The lowest BCUT2D eigenvalue weighted by atomic mass is 10.1. The van der Waals surface area contributed by atoms with Crippen molar-refractivity contribution in [3.05, 3.63) is 46.8 Å². The number of benzene rings is 1. The summed E-state index contributed by atoms with van der Waals surface area (Å²) in [6, 6.07) is 1.70. The Hall–Kier alpha value is -4.74. The highest BCUT2D eigenvalue weighted by Crippen LogP contribution is 2.47. The van der Waals surface area contributed by atoms with E-state index in [1.165, 1.54) is 17.0 Å². The highest BCUT2D eigenvalue weighted by molar-refractivity contribution is 7.91. The molecule has 2 aliphatic heterocycles. The van der Waals surface area contributed by atoms with Gasteiger partial charge in [-0.25, -0.2) is 22.4 Å². The van der Waals surface area contributed by atoms with E-state index >= 15 is 0 Å². The van der Waals surface area contributed by atoms with Crippen molar-refractivity contribution in [1.29, 1.82) is 0 Å². The van der Waals surface area contributed by atoms with E-state index in [1.54, 1.807) is 53.7 Å². The third-order valence-electron chi connectivity index (χ3n) is 10.1. The summed E-state index contributed by atoms with van der Waals surface area (Å²) in [6.45, 7) is 9.18. The van der Waals surface area contributed by atoms with E-state index in [2.05, 4.69) is 20.7 Å². The summed E-state index contributed by atoms with van der Waals surface area (Å²) in [6.07, 6.45) is -0.0696. The van der Waals surface area contributed by atoms with Crippen LogP contribution in [0.25, 0.3) is 0 Å². The fourth-order valence-electron chi connectivity index (χ4n) is 6.71. The number of rotatable bonds is 12. The van der Waals surface area contributed by atoms with Gasteiger partial charge in [0.2, 0.25) is 27.7 Å². The van der Waals surface area contributed by atoms with Crippen LogP contribution in [0.3, 0.4) is 0 Å². The lowest BCUT2D eigenvalue weighted by Gasteiger charge is -2.30. The minimum Gasteiger partial charge on any atom is -0.444 e. The molecule has 0 spiro atoms. The van der Waals surface area contributed by atoms with Crippen molar-refractivity contribution < 1.29 is 51.0 Å². The molecule has 1 aromatic rings.